The second-order valence-corrected chi connectivity index (χ2v) is 5.02. The highest BCUT2D eigenvalue weighted by molar-refractivity contribution is 7.99. The van der Waals surface area contributed by atoms with Crippen molar-refractivity contribution in [2.24, 2.45) is 5.73 Å². The molecule has 0 spiro atoms. The lowest BCUT2D eigenvalue weighted by atomic mass is 10.1. The molecule has 0 saturated carbocycles. The zero-order valence-corrected chi connectivity index (χ0v) is 10.9. The third-order valence-corrected chi connectivity index (χ3v) is 3.58. The first kappa shape index (κ1) is 12.4. The fourth-order valence-electron chi connectivity index (χ4n) is 1.31. The number of aromatic nitrogens is 2. The lowest BCUT2D eigenvalue weighted by Gasteiger charge is -2.07. The van der Waals surface area contributed by atoms with Crippen molar-refractivity contribution in [1.29, 1.82) is 0 Å². The topological polar surface area (TPSA) is 51.8 Å². The van der Waals surface area contributed by atoms with Gasteiger partial charge in [0, 0.05) is 18.4 Å². The van der Waals surface area contributed by atoms with Gasteiger partial charge in [0.15, 0.2) is 0 Å². The Morgan fingerprint density at radius 1 is 1.29 bits per heavy atom. The van der Waals surface area contributed by atoms with Gasteiger partial charge in [-0.2, -0.15) is 0 Å². The molecule has 2 heterocycles. The predicted molar refractivity (Wildman–Crippen MR) is 70.2 cm³/mol. The van der Waals surface area contributed by atoms with E-state index in [2.05, 4.69) is 9.97 Å². The fourth-order valence-corrected chi connectivity index (χ4v) is 2.33. The highest BCUT2D eigenvalue weighted by Gasteiger charge is 2.06. The van der Waals surface area contributed by atoms with Crippen molar-refractivity contribution in [1.82, 2.24) is 9.97 Å². The first-order chi connectivity index (χ1) is 8.16. The number of nitrogens with zero attached hydrogens (tertiary/aromatic N) is 2. The Labute approximate surface area is 109 Å². The van der Waals surface area contributed by atoms with Crippen LogP contribution in [0.4, 0.5) is 0 Å². The predicted octanol–water partition coefficient (Wildman–Crippen LogP) is 3.30. The van der Waals surface area contributed by atoms with Gasteiger partial charge in [0.1, 0.15) is 10.1 Å². The second-order valence-electron chi connectivity index (χ2n) is 3.61. The quantitative estimate of drug-likeness (QED) is 0.925. The summed E-state index contributed by atoms with van der Waals surface area (Å²) >= 11 is 7.48. The molecule has 1 atom stereocenters. The third-order valence-electron chi connectivity index (χ3n) is 2.21. The van der Waals surface area contributed by atoms with Gasteiger partial charge in [-0.3, -0.25) is 0 Å². The second kappa shape index (κ2) is 5.49. The van der Waals surface area contributed by atoms with Gasteiger partial charge in [-0.05, 0) is 48.5 Å². The van der Waals surface area contributed by atoms with E-state index < -0.39 is 0 Å². The summed E-state index contributed by atoms with van der Waals surface area (Å²) in [5.74, 6) is 0. The van der Waals surface area contributed by atoms with Gasteiger partial charge in [0.2, 0.25) is 0 Å². The molecule has 0 unspecified atom stereocenters. The molecule has 2 N–H and O–H groups in total. The van der Waals surface area contributed by atoms with Gasteiger partial charge in [0.25, 0.3) is 0 Å². The number of halogens is 1. The summed E-state index contributed by atoms with van der Waals surface area (Å²) in [4.78, 5) is 8.47. The van der Waals surface area contributed by atoms with E-state index in [0.717, 1.165) is 15.6 Å². The van der Waals surface area contributed by atoms with E-state index in [1.54, 1.807) is 18.5 Å². The SMILES string of the molecule is C[C@@H](N)c1ccnc(Sc2ncccc2Cl)c1. The Morgan fingerprint density at radius 3 is 2.82 bits per heavy atom. The Bertz CT molecular complexity index is 517. The fraction of sp³-hybridized carbons (Fsp3) is 0.167. The molecule has 0 aliphatic rings. The van der Waals surface area contributed by atoms with Crippen molar-refractivity contribution < 1.29 is 0 Å². The molecular weight excluding hydrogens is 254 g/mol. The highest BCUT2D eigenvalue weighted by Crippen LogP contribution is 2.30. The molecule has 0 radical (unpaired) electrons. The van der Waals surface area contributed by atoms with Gasteiger partial charge < -0.3 is 5.73 Å². The summed E-state index contributed by atoms with van der Waals surface area (Å²) in [6, 6.07) is 7.48. The Hall–Kier alpha value is -1.10. The third kappa shape index (κ3) is 3.19. The van der Waals surface area contributed by atoms with E-state index in [9.17, 15) is 0 Å². The smallest absolute Gasteiger partial charge is 0.121 e. The summed E-state index contributed by atoms with van der Waals surface area (Å²) in [6.45, 7) is 1.94. The molecule has 2 aromatic heterocycles. The Morgan fingerprint density at radius 2 is 2.12 bits per heavy atom. The summed E-state index contributed by atoms with van der Waals surface area (Å²) in [5.41, 5.74) is 6.88. The van der Waals surface area contributed by atoms with Crippen LogP contribution in [0, 0.1) is 0 Å². The molecule has 5 heteroatoms. The molecule has 0 aliphatic carbocycles. The summed E-state index contributed by atoms with van der Waals surface area (Å²) in [7, 11) is 0. The zero-order valence-electron chi connectivity index (χ0n) is 9.30. The van der Waals surface area contributed by atoms with Crippen LogP contribution >= 0.6 is 23.4 Å². The van der Waals surface area contributed by atoms with Gasteiger partial charge in [-0.1, -0.05) is 11.6 Å². The molecule has 0 bridgehead atoms. The molecule has 0 fully saturated rings. The van der Waals surface area contributed by atoms with Crippen molar-refractivity contribution >= 4 is 23.4 Å². The van der Waals surface area contributed by atoms with Crippen LogP contribution in [0.15, 0.2) is 46.7 Å². The molecular formula is C12H12ClN3S. The maximum atomic E-state index is 6.04. The zero-order chi connectivity index (χ0) is 12.3. The largest absolute Gasteiger partial charge is 0.324 e. The summed E-state index contributed by atoms with van der Waals surface area (Å²) in [6.07, 6.45) is 3.46. The number of pyridine rings is 2. The number of hydrogen-bond donors (Lipinski definition) is 1. The van der Waals surface area contributed by atoms with Crippen molar-refractivity contribution in [2.75, 3.05) is 0 Å². The minimum absolute atomic E-state index is 0.00319. The minimum atomic E-state index is -0.00319. The van der Waals surface area contributed by atoms with E-state index in [1.807, 2.05) is 25.1 Å². The molecule has 0 aliphatic heterocycles. The van der Waals surface area contributed by atoms with E-state index >= 15 is 0 Å². The first-order valence-electron chi connectivity index (χ1n) is 5.16. The number of rotatable bonds is 3. The van der Waals surface area contributed by atoms with Gasteiger partial charge in [0.05, 0.1) is 5.02 Å². The van der Waals surface area contributed by atoms with Crippen LogP contribution in [0.5, 0.6) is 0 Å². The lowest BCUT2D eigenvalue weighted by Crippen LogP contribution is -2.04. The monoisotopic (exact) mass is 265 g/mol. The van der Waals surface area contributed by atoms with Crippen molar-refractivity contribution in [3.63, 3.8) is 0 Å². The van der Waals surface area contributed by atoms with Crippen LogP contribution in [-0.2, 0) is 0 Å². The molecule has 17 heavy (non-hydrogen) atoms. The normalized spacial score (nSPS) is 12.4. The number of nitrogens with two attached hydrogens (primary N) is 1. The van der Waals surface area contributed by atoms with Gasteiger partial charge in [-0.15, -0.1) is 0 Å². The molecule has 0 aromatic carbocycles. The van der Waals surface area contributed by atoms with E-state index in [1.165, 1.54) is 11.8 Å². The van der Waals surface area contributed by atoms with Gasteiger partial charge >= 0.3 is 0 Å². The first-order valence-corrected chi connectivity index (χ1v) is 6.36. The van der Waals surface area contributed by atoms with Crippen LogP contribution < -0.4 is 5.73 Å². The van der Waals surface area contributed by atoms with Crippen LogP contribution in [0.3, 0.4) is 0 Å². The molecule has 0 saturated heterocycles. The van der Waals surface area contributed by atoms with E-state index in [4.69, 9.17) is 17.3 Å². The maximum Gasteiger partial charge on any atom is 0.121 e. The summed E-state index contributed by atoms with van der Waals surface area (Å²) in [5, 5.41) is 2.23. The van der Waals surface area contributed by atoms with Crippen LogP contribution in [0.1, 0.15) is 18.5 Å². The van der Waals surface area contributed by atoms with Crippen molar-refractivity contribution in [3.05, 3.63) is 47.2 Å². The van der Waals surface area contributed by atoms with Crippen LogP contribution in [-0.4, -0.2) is 9.97 Å². The van der Waals surface area contributed by atoms with Crippen LogP contribution in [0.2, 0.25) is 5.02 Å². The van der Waals surface area contributed by atoms with Crippen molar-refractivity contribution in [3.8, 4) is 0 Å². The Balaban J connectivity index is 2.25. The maximum absolute atomic E-state index is 6.04. The van der Waals surface area contributed by atoms with Crippen LogP contribution in [0.25, 0.3) is 0 Å². The average Bonchev–Trinajstić information content (AvgIpc) is 2.32. The molecule has 2 rings (SSSR count). The van der Waals surface area contributed by atoms with Gasteiger partial charge in [-0.25, -0.2) is 9.97 Å². The molecule has 2 aromatic rings. The minimum Gasteiger partial charge on any atom is -0.324 e. The molecule has 0 amide bonds. The van der Waals surface area contributed by atoms with Crippen molar-refractivity contribution in [2.45, 2.75) is 23.0 Å². The standard InChI is InChI=1S/C12H12ClN3S/c1-8(14)9-4-6-15-11(7-9)17-12-10(13)3-2-5-16-12/h2-8H,14H2,1H3/t8-/m1/s1. The molecule has 88 valence electrons. The number of hydrogen-bond acceptors (Lipinski definition) is 4. The van der Waals surface area contributed by atoms with E-state index in [-0.39, 0.29) is 6.04 Å². The Kier molecular flexibility index (Phi) is 3.99. The highest BCUT2D eigenvalue weighted by atomic mass is 35.5. The summed E-state index contributed by atoms with van der Waals surface area (Å²) < 4.78 is 0. The molecule has 3 nitrogen and oxygen atoms in total. The van der Waals surface area contributed by atoms with E-state index in [0.29, 0.717) is 5.02 Å². The average molecular weight is 266 g/mol. The lowest BCUT2D eigenvalue weighted by molar-refractivity contribution is 0.808.